The summed E-state index contributed by atoms with van der Waals surface area (Å²) in [5.74, 6) is 1.14. The highest BCUT2D eigenvalue weighted by molar-refractivity contribution is 7.99. The Balaban J connectivity index is 2.04. The van der Waals surface area contributed by atoms with Crippen LogP contribution in [0, 0.1) is 0 Å². The molecule has 1 rings (SSSR count). The Bertz CT molecular complexity index is 288. The maximum Gasteiger partial charge on any atom is 0.0106 e. The van der Waals surface area contributed by atoms with Gasteiger partial charge in [-0.05, 0) is 46.1 Å². The maximum atomic E-state index is 3.56. The monoisotopic (exact) mass is 252 g/mol. The molecule has 17 heavy (non-hydrogen) atoms. The van der Waals surface area contributed by atoms with Gasteiger partial charge in [0, 0.05) is 23.2 Å². The third-order valence-electron chi connectivity index (χ3n) is 2.62. The lowest BCUT2D eigenvalue weighted by atomic mass is 10.2. The minimum absolute atomic E-state index is 0.605. The molecule has 0 radical (unpaired) electrons. The van der Waals surface area contributed by atoms with Crippen molar-refractivity contribution >= 4 is 11.8 Å². The van der Waals surface area contributed by atoms with Gasteiger partial charge in [-0.2, -0.15) is 0 Å². The van der Waals surface area contributed by atoms with Crippen LogP contribution >= 0.6 is 11.8 Å². The predicted octanol–water partition coefficient (Wildman–Crippen LogP) is 2.71. The molecular formula is C14H24N2S. The van der Waals surface area contributed by atoms with E-state index in [4.69, 9.17) is 0 Å². The van der Waals surface area contributed by atoms with E-state index >= 15 is 0 Å². The van der Waals surface area contributed by atoms with Crippen molar-refractivity contribution < 1.29 is 0 Å². The third kappa shape index (κ3) is 7.42. The summed E-state index contributed by atoms with van der Waals surface area (Å²) in [6.45, 7) is 4.49. The van der Waals surface area contributed by atoms with Gasteiger partial charge in [0.1, 0.15) is 0 Å². The molecule has 3 heteroatoms. The van der Waals surface area contributed by atoms with Crippen LogP contribution in [0.2, 0.25) is 0 Å². The SMILES string of the molecule is CC(CCN(C)C)NCCSc1ccccc1. The van der Waals surface area contributed by atoms with Gasteiger partial charge in [-0.1, -0.05) is 18.2 Å². The van der Waals surface area contributed by atoms with Crippen molar-refractivity contribution in [3.05, 3.63) is 30.3 Å². The second-order valence-electron chi connectivity index (χ2n) is 4.61. The Hall–Kier alpha value is -0.510. The quantitative estimate of drug-likeness (QED) is 0.566. The maximum absolute atomic E-state index is 3.56. The topological polar surface area (TPSA) is 15.3 Å². The van der Waals surface area contributed by atoms with Crippen molar-refractivity contribution in [2.45, 2.75) is 24.3 Å². The first kappa shape index (κ1) is 14.6. The van der Waals surface area contributed by atoms with Crippen LogP contribution in [0.4, 0.5) is 0 Å². The van der Waals surface area contributed by atoms with E-state index in [-0.39, 0.29) is 0 Å². The number of thioether (sulfide) groups is 1. The first-order chi connectivity index (χ1) is 8.18. The van der Waals surface area contributed by atoms with Crippen LogP contribution in [-0.2, 0) is 0 Å². The average molecular weight is 252 g/mol. The highest BCUT2D eigenvalue weighted by Crippen LogP contribution is 2.15. The van der Waals surface area contributed by atoms with Crippen molar-refractivity contribution in [2.75, 3.05) is 32.9 Å². The molecule has 2 nitrogen and oxygen atoms in total. The Morgan fingerprint density at radius 2 is 1.94 bits per heavy atom. The highest BCUT2D eigenvalue weighted by Gasteiger charge is 2.01. The lowest BCUT2D eigenvalue weighted by Gasteiger charge is -2.16. The van der Waals surface area contributed by atoms with Gasteiger partial charge in [0.05, 0.1) is 0 Å². The molecule has 0 fully saturated rings. The Labute approximate surface area is 110 Å². The van der Waals surface area contributed by atoms with Crippen molar-refractivity contribution in [3.8, 4) is 0 Å². The fourth-order valence-corrected chi connectivity index (χ4v) is 2.35. The standard InChI is InChI=1S/C14H24N2S/c1-13(9-11-16(2)3)15-10-12-17-14-7-5-4-6-8-14/h4-8,13,15H,9-12H2,1-3H3. The van der Waals surface area contributed by atoms with Crippen molar-refractivity contribution in [3.63, 3.8) is 0 Å². The van der Waals surface area contributed by atoms with Crippen LogP contribution in [0.3, 0.4) is 0 Å². The summed E-state index contributed by atoms with van der Waals surface area (Å²) in [6.07, 6.45) is 1.21. The van der Waals surface area contributed by atoms with E-state index in [1.54, 1.807) is 0 Å². The molecule has 0 bridgehead atoms. The number of nitrogens with zero attached hydrogens (tertiary/aromatic N) is 1. The largest absolute Gasteiger partial charge is 0.313 e. The second kappa shape index (κ2) is 8.56. The molecule has 1 N–H and O–H groups in total. The molecule has 1 unspecified atom stereocenters. The van der Waals surface area contributed by atoms with Crippen LogP contribution in [0.15, 0.2) is 35.2 Å². The van der Waals surface area contributed by atoms with E-state index in [1.807, 2.05) is 11.8 Å². The number of rotatable bonds is 8. The van der Waals surface area contributed by atoms with Gasteiger partial charge in [0.25, 0.3) is 0 Å². The van der Waals surface area contributed by atoms with Gasteiger partial charge in [0.2, 0.25) is 0 Å². The molecule has 0 saturated heterocycles. The molecule has 0 amide bonds. The summed E-state index contributed by atoms with van der Waals surface area (Å²) >= 11 is 1.91. The van der Waals surface area contributed by atoms with Crippen LogP contribution in [0.1, 0.15) is 13.3 Å². The first-order valence-electron chi connectivity index (χ1n) is 6.24. The minimum atomic E-state index is 0.605. The Morgan fingerprint density at radius 3 is 2.59 bits per heavy atom. The molecule has 1 aromatic rings. The number of hydrogen-bond donors (Lipinski definition) is 1. The van der Waals surface area contributed by atoms with Crippen LogP contribution in [0.5, 0.6) is 0 Å². The molecule has 0 heterocycles. The Morgan fingerprint density at radius 1 is 1.24 bits per heavy atom. The molecule has 1 atom stereocenters. The number of hydrogen-bond acceptors (Lipinski definition) is 3. The van der Waals surface area contributed by atoms with E-state index in [0.29, 0.717) is 6.04 Å². The van der Waals surface area contributed by atoms with Gasteiger partial charge >= 0.3 is 0 Å². The Kier molecular flexibility index (Phi) is 7.33. The lowest BCUT2D eigenvalue weighted by molar-refractivity contribution is 0.369. The summed E-state index contributed by atoms with van der Waals surface area (Å²) in [7, 11) is 4.25. The van der Waals surface area contributed by atoms with E-state index in [1.165, 1.54) is 11.3 Å². The van der Waals surface area contributed by atoms with E-state index < -0.39 is 0 Å². The van der Waals surface area contributed by atoms with Crippen LogP contribution < -0.4 is 5.32 Å². The second-order valence-corrected chi connectivity index (χ2v) is 5.78. The molecule has 0 spiro atoms. The summed E-state index contributed by atoms with van der Waals surface area (Å²) in [5.41, 5.74) is 0. The van der Waals surface area contributed by atoms with Crippen molar-refractivity contribution in [2.24, 2.45) is 0 Å². The summed E-state index contributed by atoms with van der Waals surface area (Å²) in [4.78, 5) is 3.59. The van der Waals surface area contributed by atoms with Crippen molar-refractivity contribution in [1.29, 1.82) is 0 Å². The van der Waals surface area contributed by atoms with Crippen LogP contribution in [-0.4, -0.2) is 43.9 Å². The molecule has 96 valence electrons. The summed E-state index contributed by atoms with van der Waals surface area (Å²) in [5, 5.41) is 3.56. The fraction of sp³-hybridized carbons (Fsp3) is 0.571. The normalized spacial score (nSPS) is 12.9. The summed E-state index contributed by atoms with van der Waals surface area (Å²) < 4.78 is 0. The molecule has 0 aliphatic carbocycles. The lowest BCUT2D eigenvalue weighted by Crippen LogP contribution is -2.31. The zero-order chi connectivity index (χ0) is 12.5. The number of nitrogens with one attached hydrogen (secondary N) is 1. The first-order valence-corrected chi connectivity index (χ1v) is 7.23. The van der Waals surface area contributed by atoms with E-state index in [2.05, 4.69) is 61.6 Å². The van der Waals surface area contributed by atoms with E-state index in [9.17, 15) is 0 Å². The van der Waals surface area contributed by atoms with E-state index in [0.717, 1.165) is 18.8 Å². The zero-order valence-electron chi connectivity index (χ0n) is 11.1. The van der Waals surface area contributed by atoms with Gasteiger partial charge in [-0.15, -0.1) is 11.8 Å². The van der Waals surface area contributed by atoms with Gasteiger partial charge in [0.15, 0.2) is 0 Å². The molecular weight excluding hydrogens is 228 g/mol. The summed E-state index contributed by atoms with van der Waals surface area (Å²) in [6, 6.07) is 11.2. The minimum Gasteiger partial charge on any atom is -0.313 e. The fourth-order valence-electron chi connectivity index (χ4n) is 1.54. The highest BCUT2D eigenvalue weighted by atomic mass is 32.2. The molecule has 1 aromatic carbocycles. The molecule has 0 aromatic heterocycles. The van der Waals surface area contributed by atoms with Gasteiger partial charge < -0.3 is 10.2 Å². The molecule has 0 saturated carbocycles. The molecule has 0 aliphatic rings. The number of benzene rings is 1. The van der Waals surface area contributed by atoms with Crippen molar-refractivity contribution in [1.82, 2.24) is 10.2 Å². The van der Waals surface area contributed by atoms with Gasteiger partial charge in [-0.25, -0.2) is 0 Å². The molecule has 0 aliphatic heterocycles. The van der Waals surface area contributed by atoms with Crippen LogP contribution in [0.25, 0.3) is 0 Å². The zero-order valence-corrected chi connectivity index (χ0v) is 12.0. The predicted molar refractivity (Wildman–Crippen MR) is 77.8 cm³/mol. The smallest absolute Gasteiger partial charge is 0.0106 e. The van der Waals surface area contributed by atoms with Gasteiger partial charge in [-0.3, -0.25) is 0 Å². The average Bonchev–Trinajstić information content (AvgIpc) is 2.33. The third-order valence-corrected chi connectivity index (χ3v) is 3.63.